The maximum Gasteiger partial charge on any atom is 0.255 e. The van der Waals surface area contributed by atoms with Gasteiger partial charge in [0.15, 0.2) is 0 Å². The van der Waals surface area contributed by atoms with Gasteiger partial charge >= 0.3 is 0 Å². The van der Waals surface area contributed by atoms with E-state index in [9.17, 15) is 4.79 Å². The minimum atomic E-state index is -0.338. The molecule has 1 amide bonds. The molecule has 1 aliphatic heterocycles. The van der Waals surface area contributed by atoms with Gasteiger partial charge in [0.25, 0.3) is 5.91 Å². The van der Waals surface area contributed by atoms with Crippen molar-refractivity contribution >= 4 is 11.6 Å². The second-order valence-corrected chi connectivity index (χ2v) is 5.57. The Labute approximate surface area is 115 Å². The SMILES string of the molecule is CCCCC(CC)C1(C)NC(=O)c2ccccc2N1. The lowest BCUT2D eigenvalue weighted by atomic mass is 9.84. The Balaban J connectivity index is 2.24. The van der Waals surface area contributed by atoms with E-state index in [1.54, 1.807) is 0 Å². The molecule has 1 heterocycles. The van der Waals surface area contributed by atoms with Gasteiger partial charge in [-0.25, -0.2) is 0 Å². The maximum absolute atomic E-state index is 12.2. The molecule has 2 atom stereocenters. The number of anilines is 1. The molecule has 2 unspecified atom stereocenters. The van der Waals surface area contributed by atoms with Crippen molar-refractivity contribution in [3.63, 3.8) is 0 Å². The molecule has 2 N–H and O–H groups in total. The van der Waals surface area contributed by atoms with E-state index in [-0.39, 0.29) is 11.6 Å². The summed E-state index contributed by atoms with van der Waals surface area (Å²) >= 11 is 0. The highest BCUT2D eigenvalue weighted by Crippen LogP contribution is 2.32. The van der Waals surface area contributed by atoms with Crippen LogP contribution in [0.2, 0.25) is 0 Å². The standard InChI is InChI=1S/C16H24N2O/c1-4-6-9-12(5-2)16(3)17-14-11-8-7-10-13(14)15(19)18-16/h7-8,10-12,17H,4-6,9H2,1-3H3,(H,18,19). The molecular formula is C16H24N2O. The van der Waals surface area contributed by atoms with Gasteiger partial charge in [0.2, 0.25) is 0 Å². The quantitative estimate of drug-likeness (QED) is 0.846. The average molecular weight is 260 g/mol. The van der Waals surface area contributed by atoms with Crippen LogP contribution in [-0.2, 0) is 0 Å². The van der Waals surface area contributed by atoms with Crippen LogP contribution in [0.4, 0.5) is 5.69 Å². The number of hydrogen-bond donors (Lipinski definition) is 2. The molecule has 0 fully saturated rings. The molecule has 0 aromatic heterocycles. The zero-order valence-electron chi connectivity index (χ0n) is 12.1. The summed E-state index contributed by atoms with van der Waals surface area (Å²) in [6, 6.07) is 7.72. The van der Waals surface area contributed by atoms with Gasteiger partial charge in [-0.15, -0.1) is 0 Å². The third kappa shape index (κ3) is 2.75. The normalized spacial score (nSPS) is 23.2. The Bertz CT molecular complexity index is 458. The largest absolute Gasteiger partial charge is 0.362 e. The summed E-state index contributed by atoms with van der Waals surface area (Å²) in [5.74, 6) is 0.483. The number of nitrogens with one attached hydrogen (secondary N) is 2. The highest BCUT2D eigenvalue weighted by molar-refractivity contribution is 6.02. The molecule has 0 spiro atoms. The van der Waals surface area contributed by atoms with E-state index < -0.39 is 0 Å². The van der Waals surface area contributed by atoms with Crippen molar-refractivity contribution in [3.8, 4) is 0 Å². The van der Waals surface area contributed by atoms with Crippen LogP contribution in [0.5, 0.6) is 0 Å². The molecule has 1 aromatic carbocycles. The summed E-state index contributed by atoms with van der Waals surface area (Å²) in [7, 11) is 0. The number of rotatable bonds is 5. The van der Waals surface area contributed by atoms with Crippen LogP contribution in [0.25, 0.3) is 0 Å². The first-order chi connectivity index (χ1) is 9.10. The van der Waals surface area contributed by atoms with E-state index in [2.05, 4.69) is 31.4 Å². The van der Waals surface area contributed by atoms with Gasteiger partial charge < -0.3 is 10.6 Å². The first-order valence-corrected chi connectivity index (χ1v) is 7.30. The van der Waals surface area contributed by atoms with Gasteiger partial charge in [0, 0.05) is 5.69 Å². The Morgan fingerprint density at radius 1 is 1.21 bits per heavy atom. The summed E-state index contributed by atoms with van der Waals surface area (Å²) in [5, 5.41) is 6.69. The van der Waals surface area contributed by atoms with Crippen molar-refractivity contribution in [2.75, 3.05) is 5.32 Å². The summed E-state index contributed by atoms with van der Waals surface area (Å²) in [5.41, 5.74) is 1.35. The zero-order chi connectivity index (χ0) is 13.9. The van der Waals surface area contributed by atoms with Gasteiger partial charge in [-0.1, -0.05) is 38.8 Å². The summed E-state index contributed by atoms with van der Waals surface area (Å²) < 4.78 is 0. The average Bonchev–Trinajstić information content (AvgIpc) is 2.39. The lowest BCUT2D eigenvalue weighted by Crippen LogP contribution is -2.59. The zero-order valence-corrected chi connectivity index (χ0v) is 12.1. The Kier molecular flexibility index (Phi) is 4.13. The number of unbranched alkanes of at least 4 members (excludes halogenated alkanes) is 1. The highest BCUT2D eigenvalue weighted by Gasteiger charge is 2.38. The summed E-state index contributed by atoms with van der Waals surface area (Å²) in [4.78, 5) is 12.2. The van der Waals surface area contributed by atoms with Crippen LogP contribution in [0.1, 0.15) is 56.8 Å². The molecular weight excluding hydrogens is 236 g/mol. The van der Waals surface area contributed by atoms with Crippen LogP contribution in [0, 0.1) is 5.92 Å². The van der Waals surface area contributed by atoms with E-state index in [0.717, 1.165) is 24.1 Å². The first kappa shape index (κ1) is 13.9. The van der Waals surface area contributed by atoms with Crippen molar-refractivity contribution in [1.29, 1.82) is 0 Å². The molecule has 1 aliphatic rings. The van der Waals surface area contributed by atoms with Crippen molar-refractivity contribution in [3.05, 3.63) is 29.8 Å². The highest BCUT2D eigenvalue weighted by atomic mass is 16.2. The van der Waals surface area contributed by atoms with Crippen molar-refractivity contribution < 1.29 is 4.79 Å². The van der Waals surface area contributed by atoms with Gasteiger partial charge in [-0.2, -0.15) is 0 Å². The van der Waals surface area contributed by atoms with E-state index in [4.69, 9.17) is 0 Å². The van der Waals surface area contributed by atoms with Crippen molar-refractivity contribution in [2.45, 2.75) is 52.1 Å². The fraction of sp³-hybridized carbons (Fsp3) is 0.562. The third-order valence-corrected chi connectivity index (χ3v) is 4.15. The van der Waals surface area contributed by atoms with Crippen molar-refractivity contribution in [2.24, 2.45) is 5.92 Å². The minimum absolute atomic E-state index is 0.0341. The topological polar surface area (TPSA) is 41.1 Å². The molecule has 104 valence electrons. The fourth-order valence-corrected chi connectivity index (χ4v) is 2.96. The predicted octanol–water partition coefficient (Wildman–Crippen LogP) is 3.77. The lowest BCUT2D eigenvalue weighted by Gasteiger charge is -2.43. The smallest absolute Gasteiger partial charge is 0.255 e. The lowest BCUT2D eigenvalue weighted by molar-refractivity contribution is 0.0866. The van der Waals surface area contributed by atoms with Gasteiger partial charge in [0.05, 0.1) is 5.56 Å². The second-order valence-electron chi connectivity index (χ2n) is 5.57. The molecule has 0 saturated carbocycles. The van der Waals surface area contributed by atoms with E-state index >= 15 is 0 Å². The van der Waals surface area contributed by atoms with Crippen LogP contribution >= 0.6 is 0 Å². The van der Waals surface area contributed by atoms with Gasteiger partial charge in [0.1, 0.15) is 5.66 Å². The number of para-hydroxylation sites is 1. The Morgan fingerprint density at radius 3 is 2.63 bits per heavy atom. The molecule has 0 bridgehead atoms. The molecule has 2 rings (SSSR count). The molecule has 0 aliphatic carbocycles. The molecule has 19 heavy (non-hydrogen) atoms. The molecule has 1 aromatic rings. The van der Waals surface area contributed by atoms with Crippen LogP contribution < -0.4 is 10.6 Å². The fourth-order valence-electron chi connectivity index (χ4n) is 2.96. The number of benzene rings is 1. The minimum Gasteiger partial charge on any atom is -0.362 e. The van der Waals surface area contributed by atoms with Crippen molar-refractivity contribution in [1.82, 2.24) is 5.32 Å². The third-order valence-electron chi connectivity index (χ3n) is 4.15. The van der Waals surface area contributed by atoms with E-state index in [1.807, 2.05) is 24.3 Å². The monoisotopic (exact) mass is 260 g/mol. The number of fused-ring (bicyclic) bond motifs is 1. The second kappa shape index (κ2) is 5.64. The number of amides is 1. The summed E-state index contributed by atoms with van der Waals surface area (Å²) in [6.45, 7) is 6.50. The molecule has 0 saturated heterocycles. The van der Waals surface area contributed by atoms with Crippen LogP contribution in [0.15, 0.2) is 24.3 Å². The Hall–Kier alpha value is -1.51. The van der Waals surface area contributed by atoms with Gasteiger partial charge in [-0.3, -0.25) is 4.79 Å². The van der Waals surface area contributed by atoms with Crippen LogP contribution in [0.3, 0.4) is 0 Å². The summed E-state index contributed by atoms with van der Waals surface area (Å²) in [6.07, 6.45) is 4.59. The van der Waals surface area contributed by atoms with Gasteiger partial charge in [-0.05, 0) is 37.8 Å². The maximum atomic E-state index is 12.2. The van der Waals surface area contributed by atoms with Crippen LogP contribution in [-0.4, -0.2) is 11.6 Å². The van der Waals surface area contributed by atoms with E-state index in [1.165, 1.54) is 12.8 Å². The predicted molar refractivity (Wildman–Crippen MR) is 79.2 cm³/mol. The Morgan fingerprint density at radius 2 is 1.95 bits per heavy atom. The number of hydrogen-bond acceptors (Lipinski definition) is 2. The number of carbonyl (C=O) groups excluding carboxylic acids is 1. The number of carbonyl (C=O) groups is 1. The van der Waals surface area contributed by atoms with E-state index in [0.29, 0.717) is 5.92 Å². The molecule has 0 radical (unpaired) electrons. The first-order valence-electron chi connectivity index (χ1n) is 7.30. The molecule has 3 nitrogen and oxygen atoms in total. The molecule has 3 heteroatoms.